The van der Waals surface area contributed by atoms with Gasteiger partial charge in [-0.2, -0.15) is 5.26 Å². The molecule has 96 valence electrons. The summed E-state index contributed by atoms with van der Waals surface area (Å²) in [6.07, 6.45) is 2.43. The molecular weight excluding hydrogens is 236 g/mol. The molecule has 1 aromatic heterocycles. The number of rotatable bonds is 4. The predicted molar refractivity (Wildman–Crippen MR) is 76.6 cm³/mol. The number of hydrogen-bond donors (Lipinski definition) is 2. The topological polar surface area (TPSA) is 74.7 Å². The Morgan fingerprint density at radius 3 is 2.79 bits per heavy atom. The number of nitrogens with one attached hydrogen (secondary N) is 1. The maximum atomic E-state index is 9.06. The largest absolute Gasteiger partial charge is 0.397 e. The van der Waals surface area contributed by atoms with Gasteiger partial charge < -0.3 is 11.1 Å². The highest BCUT2D eigenvalue weighted by molar-refractivity contribution is 5.57. The molecule has 0 aliphatic rings. The third-order valence-corrected chi connectivity index (χ3v) is 2.80. The normalized spacial score (nSPS) is 11.6. The van der Waals surface area contributed by atoms with E-state index in [9.17, 15) is 0 Å². The molecule has 4 nitrogen and oxygen atoms in total. The van der Waals surface area contributed by atoms with Crippen LogP contribution in [0, 0.1) is 11.3 Å². The number of pyridine rings is 1. The van der Waals surface area contributed by atoms with Gasteiger partial charge in [-0.15, -0.1) is 0 Å². The first-order valence-corrected chi connectivity index (χ1v) is 6.15. The summed E-state index contributed by atoms with van der Waals surface area (Å²) in [6.45, 7) is 2.06. The first kappa shape index (κ1) is 12.9. The fourth-order valence-corrected chi connectivity index (χ4v) is 1.93. The van der Waals surface area contributed by atoms with Crippen LogP contribution in [0.3, 0.4) is 0 Å². The zero-order valence-electron chi connectivity index (χ0n) is 10.8. The average Bonchev–Trinajstić information content (AvgIpc) is 2.42. The van der Waals surface area contributed by atoms with Gasteiger partial charge in [0.2, 0.25) is 0 Å². The quantitative estimate of drug-likeness (QED) is 0.877. The second-order valence-corrected chi connectivity index (χ2v) is 4.51. The number of hydrogen-bond acceptors (Lipinski definition) is 4. The van der Waals surface area contributed by atoms with E-state index in [2.05, 4.69) is 35.4 Å². The number of nitrogens with two attached hydrogens (primary N) is 1. The molecule has 1 aromatic carbocycles. The summed E-state index contributed by atoms with van der Waals surface area (Å²) >= 11 is 0. The lowest BCUT2D eigenvalue weighted by atomic mass is 10.1. The van der Waals surface area contributed by atoms with Gasteiger partial charge in [-0.3, -0.25) is 0 Å². The van der Waals surface area contributed by atoms with Gasteiger partial charge in [0.15, 0.2) is 0 Å². The summed E-state index contributed by atoms with van der Waals surface area (Å²) < 4.78 is 0. The molecular formula is C15H16N4. The van der Waals surface area contributed by atoms with Crippen LogP contribution < -0.4 is 11.1 Å². The molecule has 0 amide bonds. The van der Waals surface area contributed by atoms with Gasteiger partial charge in [0, 0.05) is 6.04 Å². The number of benzene rings is 1. The van der Waals surface area contributed by atoms with Crippen LogP contribution in [0.15, 0.2) is 42.6 Å². The van der Waals surface area contributed by atoms with Crippen LogP contribution >= 0.6 is 0 Å². The standard InChI is InChI=1S/C15H16N4/c1-11(7-12-5-3-2-4-6-12)19-15-13(9-16)8-14(17)10-18-15/h2-6,8,10-11H,7,17H2,1H3,(H,18,19). The molecule has 0 bridgehead atoms. The first-order valence-electron chi connectivity index (χ1n) is 6.15. The number of aromatic nitrogens is 1. The van der Waals surface area contributed by atoms with E-state index in [1.165, 1.54) is 5.56 Å². The van der Waals surface area contributed by atoms with Gasteiger partial charge >= 0.3 is 0 Å². The molecule has 0 saturated carbocycles. The molecule has 0 saturated heterocycles. The van der Waals surface area contributed by atoms with E-state index in [0.717, 1.165) is 6.42 Å². The monoisotopic (exact) mass is 252 g/mol. The number of nitrogen functional groups attached to an aromatic ring is 1. The summed E-state index contributed by atoms with van der Waals surface area (Å²) in [7, 11) is 0. The number of anilines is 2. The van der Waals surface area contributed by atoms with Crippen LogP contribution in [0.5, 0.6) is 0 Å². The van der Waals surface area contributed by atoms with Crippen LogP contribution in [0.1, 0.15) is 18.1 Å². The van der Waals surface area contributed by atoms with Crippen molar-refractivity contribution >= 4 is 11.5 Å². The summed E-state index contributed by atoms with van der Waals surface area (Å²) in [5, 5.41) is 12.3. The van der Waals surface area contributed by atoms with Crippen molar-refractivity contribution in [2.45, 2.75) is 19.4 Å². The molecule has 0 aliphatic heterocycles. The van der Waals surface area contributed by atoms with Crippen LogP contribution in [-0.4, -0.2) is 11.0 Å². The van der Waals surface area contributed by atoms with Crippen molar-refractivity contribution in [2.75, 3.05) is 11.1 Å². The van der Waals surface area contributed by atoms with Crippen LogP contribution in [0.4, 0.5) is 11.5 Å². The van der Waals surface area contributed by atoms with E-state index in [-0.39, 0.29) is 6.04 Å². The molecule has 0 radical (unpaired) electrons. The third kappa shape index (κ3) is 3.46. The molecule has 3 N–H and O–H groups in total. The Morgan fingerprint density at radius 2 is 2.11 bits per heavy atom. The van der Waals surface area contributed by atoms with Gasteiger partial charge in [0.1, 0.15) is 11.9 Å². The fourth-order valence-electron chi connectivity index (χ4n) is 1.93. The Kier molecular flexibility index (Phi) is 3.99. The fraction of sp³-hybridized carbons (Fsp3) is 0.200. The average molecular weight is 252 g/mol. The highest BCUT2D eigenvalue weighted by Gasteiger charge is 2.08. The van der Waals surface area contributed by atoms with Crippen LogP contribution in [0.2, 0.25) is 0 Å². The Balaban J connectivity index is 2.07. The maximum absolute atomic E-state index is 9.06. The lowest BCUT2D eigenvalue weighted by Gasteiger charge is -2.15. The van der Waals surface area contributed by atoms with Crippen molar-refractivity contribution in [2.24, 2.45) is 0 Å². The van der Waals surface area contributed by atoms with E-state index in [0.29, 0.717) is 17.1 Å². The van der Waals surface area contributed by atoms with Gasteiger partial charge in [-0.1, -0.05) is 30.3 Å². The molecule has 0 aliphatic carbocycles. The minimum atomic E-state index is 0.186. The first-order chi connectivity index (χ1) is 9.19. The van der Waals surface area contributed by atoms with Crippen molar-refractivity contribution < 1.29 is 0 Å². The van der Waals surface area contributed by atoms with Crippen molar-refractivity contribution in [3.05, 3.63) is 53.7 Å². The molecule has 4 heteroatoms. The molecule has 2 rings (SSSR count). The van der Waals surface area contributed by atoms with E-state index in [1.807, 2.05) is 18.2 Å². The van der Waals surface area contributed by atoms with Gasteiger partial charge in [0.25, 0.3) is 0 Å². The van der Waals surface area contributed by atoms with E-state index in [1.54, 1.807) is 12.3 Å². The van der Waals surface area contributed by atoms with E-state index >= 15 is 0 Å². The molecule has 2 aromatic rings. The molecule has 1 atom stereocenters. The van der Waals surface area contributed by atoms with E-state index < -0.39 is 0 Å². The minimum absolute atomic E-state index is 0.186. The van der Waals surface area contributed by atoms with Gasteiger partial charge in [-0.25, -0.2) is 4.98 Å². The highest BCUT2D eigenvalue weighted by Crippen LogP contribution is 2.16. The lowest BCUT2D eigenvalue weighted by molar-refractivity contribution is 0.784. The Morgan fingerprint density at radius 1 is 1.37 bits per heavy atom. The Bertz CT molecular complexity index is 587. The summed E-state index contributed by atoms with van der Waals surface area (Å²) in [5.74, 6) is 0.583. The zero-order valence-corrected chi connectivity index (χ0v) is 10.8. The molecule has 0 fully saturated rings. The van der Waals surface area contributed by atoms with E-state index in [4.69, 9.17) is 11.0 Å². The summed E-state index contributed by atoms with van der Waals surface area (Å²) in [6, 6.07) is 14.1. The Hall–Kier alpha value is -2.54. The van der Waals surface area contributed by atoms with Crippen LogP contribution in [-0.2, 0) is 6.42 Å². The minimum Gasteiger partial charge on any atom is -0.397 e. The van der Waals surface area contributed by atoms with Gasteiger partial charge in [-0.05, 0) is 25.0 Å². The zero-order chi connectivity index (χ0) is 13.7. The van der Waals surface area contributed by atoms with Gasteiger partial charge in [0.05, 0.1) is 17.4 Å². The smallest absolute Gasteiger partial charge is 0.144 e. The van der Waals surface area contributed by atoms with Crippen molar-refractivity contribution in [1.29, 1.82) is 5.26 Å². The number of nitrogens with zero attached hydrogens (tertiary/aromatic N) is 2. The second kappa shape index (κ2) is 5.87. The van der Waals surface area contributed by atoms with Crippen molar-refractivity contribution in [3.8, 4) is 6.07 Å². The number of nitriles is 1. The molecule has 19 heavy (non-hydrogen) atoms. The highest BCUT2D eigenvalue weighted by atomic mass is 15.0. The molecule has 0 spiro atoms. The SMILES string of the molecule is CC(Cc1ccccc1)Nc1ncc(N)cc1C#N. The van der Waals surface area contributed by atoms with Crippen LogP contribution in [0.25, 0.3) is 0 Å². The Labute approximate surface area is 112 Å². The lowest BCUT2D eigenvalue weighted by Crippen LogP contribution is -2.19. The summed E-state index contributed by atoms with van der Waals surface area (Å²) in [5.41, 5.74) is 7.83. The van der Waals surface area contributed by atoms with Crippen molar-refractivity contribution in [1.82, 2.24) is 4.98 Å². The summed E-state index contributed by atoms with van der Waals surface area (Å²) in [4.78, 5) is 4.17. The maximum Gasteiger partial charge on any atom is 0.144 e. The molecule has 1 heterocycles. The third-order valence-electron chi connectivity index (χ3n) is 2.80. The van der Waals surface area contributed by atoms with Crippen molar-refractivity contribution in [3.63, 3.8) is 0 Å². The molecule has 1 unspecified atom stereocenters. The second-order valence-electron chi connectivity index (χ2n) is 4.51. The predicted octanol–water partition coefficient (Wildman–Crippen LogP) is 2.58.